The van der Waals surface area contributed by atoms with Crippen LogP contribution in [0.1, 0.15) is 46.1 Å². The lowest BCUT2D eigenvalue weighted by Crippen LogP contribution is -2.46. The number of amides is 2. The molecule has 0 bridgehead atoms. The van der Waals surface area contributed by atoms with Gasteiger partial charge < -0.3 is 9.47 Å². The van der Waals surface area contributed by atoms with Crippen LogP contribution in [0.5, 0.6) is 0 Å². The van der Waals surface area contributed by atoms with Gasteiger partial charge in [0.15, 0.2) is 0 Å². The molecule has 0 aliphatic carbocycles. The smallest absolute Gasteiger partial charge is 0.417 e. The zero-order valence-corrected chi connectivity index (χ0v) is 16.2. The molecule has 0 spiro atoms. The van der Waals surface area contributed by atoms with Crippen LogP contribution in [0, 0.1) is 17.8 Å². The Hall–Kier alpha value is -2.81. The van der Waals surface area contributed by atoms with E-state index in [1.807, 2.05) is 30.3 Å². The summed E-state index contributed by atoms with van der Waals surface area (Å²) in [6.45, 7) is 6.95. The van der Waals surface area contributed by atoms with E-state index in [0.29, 0.717) is 0 Å². The molecule has 1 saturated heterocycles. The minimum absolute atomic E-state index is 0.171. The highest BCUT2D eigenvalue weighted by atomic mass is 16.6. The van der Waals surface area contributed by atoms with E-state index in [0.717, 1.165) is 10.5 Å². The van der Waals surface area contributed by atoms with Crippen LogP contribution in [0.25, 0.3) is 0 Å². The molecule has 0 unspecified atom stereocenters. The molecule has 1 heterocycles. The Bertz CT molecular complexity index is 754. The van der Waals surface area contributed by atoms with Gasteiger partial charge in [0.25, 0.3) is 0 Å². The number of likely N-dealkylation sites (tertiary alicyclic amines) is 1. The lowest BCUT2D eigenvalue weighted by molar-refractivity contribution is -0.151. The first-order valence-electron chi connectivity index (χ1n) is 8.99. The van der Waals surface area contributed by atoms with Crippen molar-refractivity contribution in [1.82, 2.24) is 4.90 Å². The second-order valence-corrected chi connectivity index (χ2v) is 7.26. The van der Waals surface area contributed by atoms with Crippen molar-refractivity contribution in [2.24, 2.45) is 5.92 Å². The number of ether oxygens (including phenoxy) is 2. The molecule has 0 saturated carbocycles. The Balaban J connectivity index is 2.16. The van der Waals surface area contributed by atoms with Gasteiger partial charge in [-0.2, -0.15) is 0 Å². The summed E-state index contributed by atoms with van der Waals surface area (Å²) >= 11 is 0. The number of carbonyl (C=O) groups is 3. The van der Waals surface area contributed by atoms with E-state index in [1.54, 1.807) is 27.7 Å². The highest BCUT2D eigenvalue weighted by Gasteiger charge is 2.48. The fraction of sp³-hybridized carbons (Fsp3) is 0.476. The van der Waals surface area contributed by atoms with Gasteiger partial charge in [0.05, 0.1) is 12.5 Å². The maximum atomic E-state index is 12.7. The molecular weight excluding hydrogens is 346 g/mol. The lowest BCUT2D eigenvalue weighted by Gasteiger charge is -2.26. The summed E-state index contributed by atoms with van der Waals surface area (Å²) in [5.74, 6) is 4.35. The van der Waals surface area contributed by atoms with E-state index in [4.69, 9.17) is 9.47 Å². The summed E-state index contributed by atoms with van der Waals surface area (Å²) in [6, 6.07) is 8.43. The second-order valence-electron chi connectivity index (χ2n) is 7.26. The number of esters is 1. The molecule has 1 aliphatic heterocycles. The Labute approximate surface area is 159 Å². The van der Waals surface area contributed by atoms with Crippen LogP contribution in [0.15, 0.2) is 30.3 Å². The summed E-state index contributed by atoms with van der Waals surface area (Å²) in [4.78, 5) is 38.4. The minimum atomic E-state index is -0.976. The summed E-state index contributed by atoms with van der Waals surface area (Å²) in [6.07, 6.45) is -0.396. The van der Waals surface area contributed by atoms with E-state index in [-0.39, 0.29) is 19.4 Å². The van der Waals surface area contributed by atoms with Crippen LogP contribution in [0.4, 0.5) is 4.79 Å². The van der Waals surface area contributed by atoms with Gasteiger partial charge in [-0.05, 0) is 46.2 Å². The largest absolute Gasteiger partial charge is 0.464 e. The Kier molecular flexibility index (Phi) is 6.62. The highest BCUT2D eigenvalue weighted by Crippen LogP contribution is 2.29. The second kappa shape index (κ2) is 8.72. The molecule has 2 amide bonds. The quantitative estimate of drug-likeness (QED) is 0.603. The molecule has 0 aromatic heterocycles. The first-order valence-corrected chi connectivity index (χ1v) is 8.99. The standard InChI is InChI=1S/C21H25NO5/c1-5-26-19(24)17-14-16(13-9-12-15-10-7-6-8-11-15)18(23)22(17)20(25)27-21(2,3)4/h6-8,10-11,16-17H,5,13-14H2,1-4H3/t16-,17+/m0/s1. The third-order valence-corrected chi connectivity index (χ3v) is 3.91. The van der Waals surface area contributed by atoms with Gasteiger partial charge in [-0.15, -0.1) is 0 Å². The monoisotopic (exact) mass is 371 g/mol. The maximum Gasteiger partial charge on any atom is 0.417 e. The summed E-state index contributed by atoms with van der Waals surface area (Å²) in [5.41, 5.74) is 0.0655. The molecule has 1 aliphatic rings. The Morgan fingerprint density at radius 1 is 1.22 bits per heavy atom. The van der Waals surface area contributed by atoms with Gasteiger partial charge in [-0.1, -0.05) is 30.0 Å². The average Bonchev–Trinajstić information content (AvgIpc) is 2.91. The SMILES string of the molecule is CCOC(=O)[C@H]1C[C@H](CC#Cc2ccccc2)C(=O)N1C(=O)OC(C)(C)C. The van der Waals surface area contributed by atoms with E-state index >= 15 is 0 Å². The fourth-order valence-corrected chi connectivity index (χ4v) is 2.76. The van der Waals surface area contributed by atoms with Crippen LogP contribution in [-0.4, -0.2) is 41.1 Å². The molecule has 1 fully saturated rings. The van der Waals surface area contributed by atoms with Gasteiger partial charge >= 0.3 is 12.1 Å². The van der Waals surface area contributed by atoms with Gasteiger partial charge in [0.2, 0.25) is 5.91 Å². The van der Waals surface area contributed by atoms with Crippen LogP contribution in [-0.2, 0) is 19.1 Å². The van der Waals surface area contributed by atoms with Crippen molar-refractivity contribution in [1.29, 1.82) is 0 Å². The van der Waals surface area contributed by atoms with Crippen LogP contribution in [0.3, 0.4) is 0 Å². The number of imide groups is 1. The van der Waals surface area contributed by atoms with Gasteiger partial charge in [0, 0.05) is 12.0 Å². The molecule has 0 N–H and O–H groups in total. The molecule has 1 aromatic rings. The number of hydrogen-bond donors (Lipinski definition) is 0. The molecule has 0 radical (unpaired) electrons. The van der Waals surface area contributed by atoms with Crippen molar-refractivity contribution in [3.05, 3.63) is 35.9 Å². The first kappa shape index (κ1) is 20.5. The molecular formula is C21H25NO5. The van der Waals surface area contributed by atoms with Crippen molar-refractivity contribution in [2.45, 2.75) is 52.2 Å². The van der Waals surface area contributed by atoms with Crippen LogP contribution in [0.2, 0.25) is 0 Å². The van der Waals surface area contributed by atoms with Gasteiger partial charge in [0.1, 0.15) is 11.6 Å². The van der Waals surface area contributed by atoms with E-state index < -0.39 is 35.5 Å². The molecule has 27 heavy (non-hydrogen) atoms. The van der Waals surface area contributed by atoms with Gasteiger partial charge in [-0.3, -0.25) is 4.79 Å². The van der Waals surface area contributed by atoms with Crippen LogP contribution >= 0.6 is 0 Å². The molecule has 144 valence electrons. The molecule has 2 rings (SSSR count). The molecule has 2 atom stereocenters. The summed E-state index contributed by atoms with van der Waals surface area (Å²) < 4.78 is 10.3. The van der Waals surface area contributed by atoms with E-state index in [9.17, 15) is 14.4 Å². The van der Waals surface area contributed by atoms with Gasteiger partial charge in [-0.25, -0.2) is 14.5 Å². The highest BCUT2D eigenvalue weighted by molar-refractivity contribution is 6.00. The number of rotatable bonds is 3. The Morgan fingerprint density at radius 2 is 1.89 bits per heavy atom. The topological polar surface area (TPSA) is 72.9 Å². The van der Waals surface area contributed by atoms with E-state index in [1.165, 1.54) is 0 Å². The average molecular weight is 371 g/mol. The fourth-order valence-electron chi connectivity index (χ4n) is 2.76. The zero-order chi connectivity index (χ0) is 20.0. The predicted octanol–water partition coefficient (Wildman–Crippen LogP) is 3.14. The zero-order valence-electron chi connectivity index (χ0n) is 16.2. The van der Waals surface area contributed by atoms with E-state index in [2.05, 4.69) is 11.8 Å². The normalized spacial score (nSPS) is 19.3. The number of carbonyl (C=O) groups excluding carboxylic acids is 3. The lowest BCUT2D eigenvalue weighted by atomic mass is 10.0. The molecule has 6 heteroatoms. The third-order valence-electron chi connectivity index (χ3n) is 3.91. The molecule has 1 aromatic carbocycles. The maximum absolute atomic E-state index is 12.7. The summed E-state index contributed by atoms with van der Waals surface area (Å²) in [7, 11) is 0. The van der Waals surface area contributed by atoms with Crippen molar-refractivity contribution in [2.75, 3.05) is 6.61 Å². The number of benzene rings is 1. The van der Waals surface area contributed by atoms with Crippen LogP contribution < -0.4 is 0 Å². The summed E-state index contributed by atoms with van der Waals surface area (Å²) in [5, 5.41) is 0. The Morgan fingerprint density at radius 3 is 2.48 bits per heavy atom. The number of nitrogens with zero attached hydrogens (tertiary/aromatic N) is 1. The van der Waals surface area contributed by atoms with Crippen molar-refractivity contribution < 1.29 is 23.9 Å². The number of hydrogen-bond acceptors (Lipinski definition) is 5. The third kappa shape index (κ3) is 5.58. The first-order chi connectivity index (χ1) is 12.7. The molecule has 6 nitrogen and oxygen atoms in total. The van der Waals surface area contributed by atoms with Crippen molar-refractivity contribution >= 4 is 18.0 Å². The van der Waals surface area contributed by atoms with Crippen molar-refractivity contribution in [3.8, 4) is 11.8 Å². The minimum Gasteiger partial charge on any atom is -0.464 e. The predicted molar refractivity (Wildman–Crippen MR) is 99.5 cm³/mol. The van der Waals surface area contributed by atoms with Crippen molar-refractivity contribution in [3.63, 3.8) is 0 Å².